The number of thioether (sulfide) groups is 1. The summed E-state index contributed by atoms with van der Waals surface area (Å²) in [6, 6.07) is 8.23. The molecule has 0 spiro atoms. The van der Waals surface area contributed by atoms with Gasteiger partial charge < -0.3 is 10.2 Å². The Labute approximate surface area is 142 Å². The smallest absolute Gasteiger partial charge is 0.223 e. The number of carbonyl (C=O) groups excluding carboxylic acids is 1. The Hall–Kier alpha value is -0.710. The van der Waals surface area contributed by atoms with Gasteiger partial charge in [0.05, 0.1) is 0 Å². The number of nitrogens with zero attached hydrogens (tertiary/aromatic N) is 1. The number of benzene rings is 1. The van der Waals surface area contributed by atoms with Crippen molar-refractivity contribution in [2.45, 2.75) is 43.5 Å². The van der Waals surface area contributed by atoms with Crippen molar-refractivity contribution in [3.05, 3.63) is 29.3 Å². The van der Waals surface area contributed by atoms with Crippen molar-refractivity contribution >= 4 is 29.3 Å². The van der Waals surface area contributed by atoms with Crippen LogP contribution in [0.25, 0.3) is 0 Å². The molecule has 0 unspecified atom stereocenters. The summed E-state index contributed by atoms with van der Waals surface area (Å²) in [5.41, 5.74) is 0. The summed E-state index contributed by atoms with van der Waals surface area (Å²) >= 11 is 7.60. The van der Waals surface area contributed by atoms with Gasteiger partial charge >= 0.3 is 0 Å². The van der Waals surface area contributed by atoms with Gasteiger partial charge in [-0.1, -0.05) is 18.5 Å². The molecule has 1 heterocycles. The number of carbonyl (C=O) groups is 1. The van der Waals surface area contributed by atoms with E-state index >= 15 is 0 Å². The number of rotatable bonds is 7. The van der Waals surface area contributed by atoms with Crippen LogP contribution in [-0.2, 0) is 4.79 Å². The largest absolute Gasteiger partial charge is 0.340 e. The number of amides is 1. The summed E-state index contributed by atoms with van der Waals surface area (Å²) in [6.45, 7) is 5.08. The molecule has 1 fully saturated rings. The van der Waals surface area contributed by atoms with Crippen molar-refractivity contribution in [2.75, 3.05) is 25.4 Å². The van der Waals surface area contributed by atoms with Crippen molar-refractivity contribution in [3.8, 4) is 0 Å². The van der Waals surface area contributed by atoms with Crippen LogP contribution < -0.4 is 5.32 Å². The summed E-state index contributed by atoms with van der Waals surface area (Å²) in [6.07, 6.45) is 3.79. The monoisotopic (exact) mass is 340 g/mol. The first-order chi connectivity index (χ1) is 10.7. The van der Waals surface area contributed by atoms with E-state index in [2.05, 4.69) is 17.1 Å². The zero-order valence-corrected chi connectivity index (χ0v) is 14.8. The molecular weight excluding hydrogens is 316 g/mol. The minimum atomic E-state index is 0.301. The molecule has 3 nitrogen and oxygen atoms in total. The molecule has 0 aliphatic carbocycles. The van der Waals surface area contributed by atoms with E-state index in [1.54, 1.807) is 11.8 Å². The lowest BCUT2D eigenvalue weighted by Crippen LogP contribution is -2.46. The van der Waals surface area contributed by atoms with Gasteiger partial charge in [0.1, 0.15) is 0 Å². The van der Waals surface area contributed by atoms with Crippen LogP contribution >= 0.6 is 23.4 Å². The van der Waals surface area contributed by atoms with E-state index in [1.165, 1.54) is 4.90 Å². The Morgan fingerprint density at radius 3 is 2.64 bits per heavy atom. The molecule has 0 atom stereocenters. The molecular formula is C17H25ClN2OS. The molecule has 1 aliphatic rings. The zero-order chi connectivity index (χ0) is 15.8. The molecule has 1 aliphatic heterocycles. The summed E-state index contributed by atoms with van der Waals surface area (Å²) in [4.78, 5) is 15.8. The Morgan fingerprint density at radius 2 is 2.00 bits per heavy atom. The molecule has 22 heavy (non-hydrogen) atoms. The van der Waals surface area contributed by atoms with Gasteiger partial charge in [0.25, 0.3) is 0 Å². The van der Waals surface area contributed by atoms with E-state index in [9.17, 15) is 4.79 Å². The zero-order valence-electron chi connectivity index (χ0n) is 13.2. The summed E-state index contributed by atoms with van der Waals surface area (Å²) in [5.74, 6) is 1.13. The number of nitrogens with one attached hydrogen (secondary N) is 1. The van der Waals surface area contributed by atoms with Crippen molar-refractivity contribution in [1.29, 1.82) is 0 Å². The number of piperidine rings is 1. The summed E-state index contributed by atoms with van der Waals surface area (Å²) < 4.78 is 0. The lowest BCUT2D eigenvalue weighted by atomic mass is 10.0. The third-order valence-electron chi connectivity index (χ3n) is 3.93. The fourth-order valence-corrected chi connectivity index (χ4v) is 3.77. The Morgan fingerprint density at radius 1 is 1.32 bits per heavy atom. The molecule has 1 saturated heterocycles. The average Bonchev–Trinajstić information content (AvgIpc) is 2.55. The highest BCUT2D eigenvalue weighted by molar-refractivity contribution is 7.99. The first-order valence-electron chi connectivity index (χ1n) is 8.09. The Bertz CT molecular complexity index is 460. The van der Waals surface area contributed by atoms with Crippen molar-refractivity contribution in [1.82, 2.24) is 10.2 Å². The van der Waals surface area contributed by atoms with Gasteiger partial charge in [-0.15, -0.1) is 11.8 Å². The van der Waals surface area contributed by atoms with Crippen molar-refractivity contribution in [3.63, 3.8) is 0 Å². The SMILES string of the molecule is CCCN(C(=O)CCSc1ccc(Cl)cc1)C1CCNCC1. The predicted molar refractivity (Wildman–Crippen MR) is 94.7 cm³/mol. The van der Waals surface area contributed by atoms with Crippen LogP contribution in [0.15, 0.2) is 29.2 Å². The number of halogens is 1. The second kappa shape index (κ2) is 9.43. The van der Waals surface area contributed by atoms with Gasteiger partial charge in [-0.2, -0.15) is 0 Å². The van der Waals surface area contributed by atoms with E-state index < -0.39 is 0 Å². The molecule has 1 aromatic rings. The van der Waals surface area contributed by atoms with Crippen LogP contribution in [0.4, 0.5) is 0 Å². The van der Waals surface area contributed by atoms with Crippen LogP contribution in [-0.4, -0.2) is 42.2 Å². The van der Waals surface area contributed by atoms with Gasteiger partial charge in [0.2, 0.25) is 5.91 Å². The Balaban J connectivity index is 1.81. The minimum absolute atomic E-state index is 0.301. The molecule has 0 aromatic heterocycles. The molecule has 1 N–H and O–H groups in total. The fourth-order valence-electron chi connectivity index (χ4n) is 2.80. The molecule has 1 amide bonds. The van der Waals surface area contributed by atoms with E-state index in [0.717, 1.165) is 49.7 Å². The van der Waals surface area contributed by atoms with Crippen LogP contribution in [0, 0.1) is 0 Å². The second-order valence-corrected chi connectivity index (χ2v) is 7.23. The van der Waals surface area contributed by atoms with Crippen LogP contribution in [0.2, 0.25) is 5.02 Å². The van der Waals surface area contributed by atoms with Gasteiger partial charge in [0.15, 0.2) is 0 Å². The van der Waals surface area contributed by atoms with Gasteiger partial charge in [0, 0.05) is 34.7 Å². The quantitative estimate of drug-likeness (QED) is 0.766. The first kappa shape index (κ1) is 17.6. The molecule has 122 valence electrons. The topological polar surface area (TPSA) is 32.3 Å². The summed E-state index contributed by atoms with van der Waals surface area (Å²) in [7, 11) is 0. The maximum Gasteiger partial charge on any atom is 0.223 e. The highest BCUT2D eigenvalue weighted by Gasteiger charge is 2.24. The maximum atomic E-state index is 12.5. The number of hydrogen-bond acceptors (Lipinski definition) is 3. The summed E-state index contributed by atoms with van der Waals surface area (Å²) in [5, 5.41) is 4.12. The van der Waals surface area contributed by atoms with E-state index in [-0.39, 0.29) is 0 Å². The Kier molecular flexibility index (Phi) is 7.56. The van der Waals surface area contributed by atoms with Crippen LogP contribution in [0.1, 0.15) is 32.6 Å². The van der Waals surface area contributed by atoms with Gasteiger partial charge in [-0.25, -0.2) is 0 Å². The van der Waals surface area contributed by atoms with Gasteiger partial charge in [-0.3, -0.25) is 4.79 Å². The maximum absolute atomic E-state index is 12.5. The normalized spacial score (nSPS) is 15.7. The van der Waals surface area contributed by atoms with Crippen molar-refractivity contribution in [2.24, 2.45) is 0 Å². The second-order valence-electron chi connectivity index (χ2n) is 5.62. The molecule has 0 radical (unpaired) electrons. The third kappa shape index (κ3) is 5.49. The lowest BCUT2D eigenvalue weighted by Gasteiger charge is -2.34. The average molecular weight is 341 g/mol. The first-order valence-corrected chi connectivity index (χ1v) is 9.45. The third-order valence-corrected chi connectivity index (χ3v) is 5.20. The molecule has 1 aromatic carbocycles. The highest BCUT2D eigenvalue weighted by atomic mass is 35.5. The lowest BCUT2D eigenvalue weighted by molar-refractivity contribution is -0.133. The molecule has 0 bridgehead atoms. The molecule has 5 heteroatoms. The molecule has 0 saturated carbocycles. The van der Waals surface area contributed by atoms with Crippen LogP contribution in [0.5, 0.6) is 0 Å². The predicted octanol–water partition coefficient (Wildman–Crippen LogP) is 3.81. The standard InChI is InChI=1S/C17H25ClN2OS/c1-2-12-20(15-7-10-19-11-8-15)17(21)9-13-22-16-5-3-14(18)4-6-16/h3-6,15,19H,2,7-13H2,1H3. The highest BCUT2D eigenvalue weighted by Crippen LogP contribution is 2.22. The van der Waals surface area contributed by atoms with Crippen molar-refractivity contribution < 1.29 is 4.79 Å². The van der Waals surface area contributed by atoms with Crippen LogP contribution in [0.3, 0.4) is 0 Å². The number of hydrogen-bond donors (Lipinski definition) is 1. The van der Waals surface area contributed by atoms with E-state index in [4.69, 9.17) is 11.6 Å². The van der Waals surface area contributed by atoms with Gasteiger partial charge in [-0.05, 0) is 56.6 Å². The molecule has 2 rings (SSSR count). The minimum Gasteiger partial charge on any atom is -0.340 e. The van der Waals surface area contributed by atoms with E-state index in [1.807, 2.05) is 24.3 Å². The van der Waals surface area contributed by atoms with E-state index in [0.29, 0.717) is 18.4 Å². The fraction of sp³-hybridized carbons (Fsp3) is 0.588.